The molecule has 0 aliphatic carbocycles. The number of sulfonamides is 1. The zero-order valence-electron chi connectivity index (χ0n) is 12.1. The van der Waals surface area contributed by atoms with Gasteiger partial charge in [-0.1, -0.05) is 18.2 Å². The summed E-state index contributed by atoms with van der Waals surface area (Å²) >= 11 is 0. The van der Waals surface area contributed by atoms with Crippen molar-refractivity contribution in [1.29, 1.82) is 5.26 Å². The molecule has 1 aromatic carbocycles. The first kappa shape index (κ1) is 16.0. The minimum Gasteiger partial charge on any atom is -0.393 e. The minimum absolute atomic E-state index is 0.143. The maximum Gasteiger partial charge on any atom is 0.218 e. The van der Waals surface area contributed by atoms with Crippen LogP contribution in [0.25, 0.3) is 0 Å². The molecule has 1 aliphatic rings. The third-order valence-corrected chi connectivity index (χ3v) is 5.88. The van der Waals surface area contributed by atoms with Crippen LogP contribution >= 0.6 is 0 Å². The van der Waals surface area contributed by atoms with E-state index in [1.165, 1.54) is 4.31 Å². The standard InChI is InChI=1S/C15H20N2O3S/c1-12(18)13-6-8-17(9-7-13)21(19,20)11-15-5-3-2-4-14(15)10-16/h2-5,12-13,18H,6-9,11H2,1H3. The van der Waals surface area contributed by atoms with Crippen LogP contribution in [0, 0.1) is 17.2 Å². The Bertz CT molecular complexity index is 627. The van der Waals surface area contributed by atoms with Crippen molar-refractivity contribution < 1.29 is 13.5 Å². The van der Waals surface area contributed by atoms with Crippen LogP contribution in [0.15, 0.2) is 24.3 Å². The molecule has 1 heterocycles. The van der Waals surface area contributed by atoms with Crippen molar-refractivity contribution in [3.05, 3.63) is 35.4 Å². The van der Waals surface area contributed by atoms with Crippen molar-refractivity contribution in [3.63, 3.8) is 0 Å². The Morgan fingerprint density at radius 2 is 2.00 bits per heavy atom. The van der Waals surface area contributed by atoms with E-state index >= 15 is 0 Å². The van der Waals surface area contributed by atoms with E-state index in [0.717, 1.165) is 0 Å². The second-order valence-electron chi connectivity index (χ2n) is 5.50. The summed E-state index contributed by atoms with van der Waals surface area (Å²) in [7, 11) is -3.42. The molecule has 1 atom stereocenters. The molecule has 1 unspecified atom stereocenters. The number of hydrogen-bond donors (Lipinski definition) is 1. The summed E-state index contributed by atoms with van der Waals surface area (Å²) in [4.78, 5) is 0. The summed E-state index contributed by atoms with van der Waals surface area (Å²) in [5.41, 5.74) is 0.942. The van der Waals surface area contributed by atoms with Crippen LogP contribution in [0.3, 0.4) is 0 Å². The van der Waals surface area contributed by atoms with Crippen molar-refractivity contribution in [2.45, 2.75) is 31.6 Å². The molecule has 5 nitrogen and oxygen atoms in total. The lowest BCUT2D eigenvalue weighted by atomic mass is 9.93. The van der Waals surface area contributed by atoms with E-state index in [4.69, 9.17) is 5.26 Å². The average Bonchev–Trinajstić information content (AvgIpc) is 2.47. The Hall–Kier alpha value is -1.42. The monoisotopic (exact) mass is 308 g/mol. The SMILES string of the molecule is CC(O)C1CCN(S(=O)(=O)Cc2ccccc2C#N)CC1. The van der Waals surface area contributed by atoms with Gasteiger partial charge in [0.15, 0.2) is 0 Å². The van der Waals surface area contributed by atoms with Gasteiger partial charge in [-0.25, -0.2) is 12.7 Å². The summed E-state index contributed by atoms with van der Waals surface area (Å²) < 4.78 is 26.4. The molecule has 0 aromatic heterocycles. The van der Waals surface area contributed by atoms with Crippen LogP contribution in [0.5, 0.6) is 0 Å². The number of nitriles is 1. The molecule has 6 heteroatoms. The molecule has 0 bridgehead atoms. The molecule has 1 saturated heterocycles. The third-order valence-electron chi connectivity index (χ3n) is 4.05. The van der Waals surface area contributed by atoms with E-state index in [1.807, 2.05) is 6.07 Å². The maximum atomic E-state index is 12.5. The van der Waals surface area contributed by atoms with Gasteiger partial charge in [0.2, 0.25) is 10.0 Å². The second kappa shape index (κ2) is 6.56. The fourth-order valence-electron chi connectivity index (χ4n) is 2.68. The molecule has 114 valence electrons. The molecule has 0 radical (unpaired) electrons. The number of rotatable bonds is 4. The lowest BCUT2D eigenvalue weighted by Gasteiger charge is -2.32. The first-order valence-electron chi connectivity index (χ1n) is 7.08. The van der Waals surface area contributed by atoms with Crippen LogP contribution in [0.4, 0.5) is 0 Å². The Balaban J connectivity index is 2.08. The zero-order valence-corrected chi connectivity index (χ0v) is 12.9. The normalized spacial score (nSPS) is 19.1. The second-order valence-corrected chi connectivity index (χ2v) is 7.47. The first-order chi connectivity index (χ1) is 9.94. The molecule has 0 saturated carbocycles. The van der Waals surface area contributed by atoms with Crippen molar-refractivity contribution in [2.75, 3.05) is 13.1 Å². The van der Waals surface area contributed by atoms with Gasteiger partial charge in [0, 0.05) is 13.1 Å². The molecule has 1 fully saturated rings. The highest BCUT2D eigenvalue weighted by atomic mass is 32.2. The van der Waals surface area contributed by atoms with E-state index in [2.05, 4.69) is 0 Å². The topological polar surface area (TPSA) is 81.4 Å². The minimum atomic E-state index is -3.42. The molecular formula is C15H20N2O3S. The number of hydrogen-bond acceptors (Lipinski definition) is 4. The Morgan fingerprint density at radius 3 is 2.57 bits per heavy atom. The smallest absolute Gasteiger partial charge is 0.218 e. The van der Waals surface area contributed by atoms with Gasteiger partial charge in [-0.05, 0) is 37.3 Å². The van der Waals surface area contributed by atoms with Gasteiger partial charge < -0.3 is 5.11 Å². The Morgan fingerprint density at radius 1 is 1.38 bits per heavy atom. The van der Waals surface area contributed by atoms with Gasteiger partial charge in [0.05, 0.1) is 23.5 Å². The predicted octanol–water partition coefficient (Wildman–Crippen LogP) is 1.48. The van der Waals surface area contributed by atoms with Crippen LogP contribution < -0.4 is 0 Å². The molecule has 1 aliphatic heterocycles. The van der Waals surface area contributed by atoms with Gasteiger partial charge in [-0.2, -0.15) is 5.26 Å². The summed E-state index contributed by atoms with van der Waals surface area (Å²) in [6, 6.07) is 8.80. The highest BCUT2D eigenvalue weighted by Crippen LogP contribution is 2.24. The van der Waals surface area contributed by atoms with E-state index in [-0.39, 0.29) is 11.7 Å². The molecule has 1 aromatic rings. The summed E-state index contributed by atoms with van der Waals surface area (Å²) in [5.74, 6) is 0.0265. The van der Waals surface area contributed by atoms with Crippen LogP contribution in [0.2, 0.25) is 0 Å². The largest absolute Gasteiger partial charge is 0.393 e. The van der Waals surface area contributed by atoms with Crippen LogP contribution in [-0.2, 0) is 15.8 Å². The fourth-order valence-corrected chi connectivity index (χ4v) is 4.27. The first-order valence-corrected chi connectivity index (χ1v) is 8.69. The van der Waals surface area contributed by atoms with E-state index < -0.39 is 16.1 Å². The number of benzene rings is 1. The number of aliphatic hydroxyl groups excluding tert-OH is 1. The average molecular weight is 308 g/mol. The van der Waals surface area contributed by atoms with Crippen LogP contribution in [-0.4, -0.2) is 37.0 Å². The van der Waals surface area contributed by atoms with Crippen molar-refractivity contribution in [1.82, 2.24) is 4.31 Å². The van der Waals surface area contributed by atoms with Gasteiger partial charge in [0.25, 0.3) is 0 Å². The van der Waals surface area contributed by atoms with Gasteiger partial charge >= 0.3 is 0 Å². The maximum absolute atomic E-state index is 12.5. The van der Waals surface area contributed by atoms with E-state index in [1.54, 1.807) is 31.2 Å². The van der Waals surface area contributed by atoms with E-state index in [0.29, 0.717) is 37.1 Å². The van der Waals surface area contributed by atoms with Crippen molar-refractivity contribution >= 4 is 10.0 Å². The summed E-state index contributed by atoms with van der Waals surface area (Å²) in [6.07, 6.45) is 0.960. The Kier molecular flexibility index (Phi) is 4.99. The number of piperidine rings is 1. The molecule has 0 spiro atoms. The van der Waals surface area contributed by atoms with Crippen LogP contribution in [0.1, 0.15) is 30.9 Å². The molecule has 1 N–H and O–H groups in total. The lowest BCUT2D eigenvalue weighted by molar-refractivity contribution is 0.0912. The summed E-state index contributed by atoms with van der Waals surface area (Å²) in [6.45, 7) is 2.62. The van der Waals surface area contributed by atoms with Crippen molar-refractivity contribution in [2.24, 2.45) is 5.92 Å². The molecule has 0 amide bonds. The third kappa shape index (κ3) is 3.82. The van der Waals surface area contributed by atoms with Gasteiger partial charge in [-0.15, -0.1) is 0 Å². The Labute approximate surface area is 125 Å². The molecule has 2 rings (SSSR count). The van der Waals surface area contributed by atoms with E-state index in [9.17, 15) is 13.5 Å². The highest BCUT2D eigenvalue weighted by molar-refractivity contribution is 7.88. The highest BCUT2D eigenvalue weighted by Gasteiger charge is 2.30. The van der Waals surface area contributed by atoms with Gasteiger partial charge in [0.1, 0.15) is 0 Å². The number of nitrogens with zero attached hydrogens (tertiary/aromatic N) is 2. The number of aliphatic hydroxyl groups is 1. The van der Waals surface area contributed by atoms with Gasteiger partial charge in [-0.3, -0.25) is 0 Å². The summed E-state index contributed by atoms with van der Waals surface area (Å²) in [5, 5.41) is 18.6. The lowest BCUT2D eigenvalue weighted by Crippen LogP contribution is -2.41. The molecule has 21 heavy (non-hydrogen) atoms. The quantitative estimate of drug-likeness (QED) is 0.913. The fraction of sp³-hybridized carbons (Fsp3) is 0.533. The molecular weight excluding hydrogens is 288 g/mol. The predicted molar refractivity (Wildman–Crippen MR) is 79.8 cm³/mol. The van der Waals surface area contributed by atoms with Crippen molar-refractivity contribution in [3.8, 4) is 6.07 Å². The zero-order chi connectivity index (χ0) is 15.5.